The largest absolute Gasteiger partial charge is 0.461 e. The Morgan fingerprint density at radius 3 is 1.58 bits per heavy atom. The Bertz CT molecular complexity index is 879. The van der Waals surface area contributed by atoms with E-state index in [1.807, 2.05) is 70.6 Å². The third-order valence-corrected chi connectivity index (χ3v) is 15.2. The number of esters is 2. The molecule has 3 rings (SSSR count). The van der Waals surface area contributed by atoms with E-state index >= 15 is 0 Å². The number of rotatable bonds is 12. The van der Waals surface area contributed by atoms with E-state index in [2.05, 4.69) is 49.9 Å². The zero-order chi connectivity index (χ0) is 26.2. The van der Waals surface area contributed by atoms with Gasteiger partial charge in [0.05, 0.1) is 19.7 Å². The van der Waals surface area contributed by atoms with Gasteiger partial charge in [0.15, 0.2) is 0 Å². The van der Waals surface area contributed by atoms with Crippen molar-refractivity contribution in [2.75, 3.05) is 37.2 Å². The van der Waals surface area contributed by atoms with Gasteiger partial charge in [-0.05, 0) is 37.5 Å². The Labute approximate surface area is 241 Å². The van der Waals surface area contributed by atoms with Crippen molar-refractivity contribution in [2.24, 2.45) is 0 Å². The van der Waals surface area contributed by atoms with E-state index in [-0.39, 0.29) is 11.9 Å². The van der Waals surface area contributed by atoms with Gasteiger partial charge in [0.25, 0.3) is 0 Å². The summed E-state index contributed by atoms with van der Waals surface area (Å²) in [6.45, 7) is 11.6. The van der Waals surface area contributed by atoms with Crippen molar-refractivity contribution in [3.8, 4) is 0 Å². The van der Waals surface area contributed by atoms with Gasteiger partial charge in [0, 0.05) is 33.2 Å². The second-order valence-electron chi connectivity index (χ2n) is 8.62. The minimum absolute atomic E-state index is 0.296. The van der Waals surface area contributed by atoms with Crippen molar-refractivity contribution < 1.29 is 19.1 Å². The van der Waals surface area contributed by atoms with Crippen LogP contribution in [0.25, 0.3) is 0 Å². The van der Waals surface area contributed by atoms with Crippen molar-refractivity contribution in [1.29, 1.82) is 0 Å². The molecule has 0 N–H and O–H groups in total. The second kappa shape index (κ2) is 14.8. The molecule has 1 aromatic rings. The molecule has 6 unspecified atom stereocenters. The molecule has 2 saturated heterocycles. The summed E-state index contributed by atoms with van der Waals surface area (Å²) in [6.07, 6.45) is 4.38. The van der Waals surface area contributed by atoms with Crippen LogP contribution in [0, 0.1) is 0 Å². The van der Waals surface area contributed by atoms with E-state index in [0.29, 0.717) is 54.5 Å². The molecule has 0 spiro atoms. The molecule has 2 fully saturated rings. The summed E-state index contributed by atoms with van der Waals surface area (Å²) in [5.41, 5.74) is 3.68. The first-order valence-corrected chi connectivity index (χ1v) is 18.1. The zero-order valence-corrected chi connectivity index (χ0v) is 26.0. The summed E-state index contributed by atoms with van der Waals surface area (Å²) >= 11 is 11.6. The normalized spacial score (nSPS) is 25.2. The fourth-order valence-electron chi connectivity index (χ4n) is 3.82. The SMILES string of the molecule is C=C(C)C(=O)OCC1CSC(C(SC)c2ccccc2C(SC)C2SCC(COC(=O)C(=C)C)S2)S1. The molecule has 0 amide bonds. The minimum Gasteiger partial charge on any atom is -0.461 e. The predicted molar refractivity (Wildman–Crippen MR) is 166 cm³/mol. The number of thioether (sulfide) groups is 6. The molecule has 0 aromatic heterocycles. The lowest BCUT2D eigenvalue weighted by Crippen LogP contribution is -2.18. The molecule has 0 radical (unpaired) electrons. The van der Waals surface area contributed by atoms with Gasteiger partial charge < -0.3 is 9.47 Å². The van der Waals surface area contributed by atoms with Gasteiger partial charge in [-0.1, -0.05) is 37.4 Å². The van der Waals surface area contributed by atoms with E-state index in [1.165, 1.54) is 11.1 Å². The maximum absolute atomic E-state index is 11.8. The summed E-state index contributed by atoms with van der Waals surface area (Å²) in [6, 6.07) is 8.85. The highest BCUT2D eigenvalue weighted by atomic mass is 32.2. The molecule has 1 aromatic carbocycles. The maximum atomic E-state index is 11.8. The molecule has 36 heavy (non-hydrogen) atoms. The Hall–Kier alpha value is -0.260. The molecule has 2 aliphatic rings. The lowest BCUT2D eigenvalue weighted by atomic mass is 10.0. The minimum atomic E-state index is -0.308. The van der Waals surface area contributed by atoms with Crippen LogP contribution in [0.2, 0.25) is 0 Å². The molecular formula is C26H34O4S6. The average molecular weight is 603 g/mol. The van der Waals surface area contributed by atoms with Crippen molar-refractivity contribution in [2.45, 2.75) is 44.0 Å². The van der Waals surface area contributed by atoms with Crippen LogP contribution in [0.1, 0.15) is 35.5 Å². The Balaban J connectivity index is 1.68. The van der Waals surface area contributed by atoms with E-state index in [4.69, 9.17) is 9.47 Å². The summed E-state index contributed by atoms with van der Waals surface area (Å²) in [7, 11) is 0. The highest BCUT2D eigenvalue weighted by Gasteiger charge is 2.38. The molecule has 0 saturated carbocycles. The van der Waals surface area contributed by atoms with Gasteiger partial charge in [-0.3, -0.25) is 0 Å². The van der Waals surface area contributed by atoms with Crippen LogP contribution >= 0.6 is 70.6 Å². The Morgan fingerprint density at radius 2 is 1.25 bits per heavy atom. The van der Waals surface area contributed by atoms with Crippen molar-refractivity contribution in [3.63, 3.8) is 0 Å². The highest BCUT2D eigenvalue weighted by Crippen LogP contribution is 2.54. The summed E-state index contributed by atoms with van der Waals surface area (Å²) in [5, 5.41) is 1.28. The first-order valence-electron chi connectivity index (χ1n) is 11.6. The molecule has 2 heterocycles. The summed E-state index contributed by atoms with van der Waals surface area (Å²) in [4.78, 5) is 23.6. The lowest BCUT2D eigenvalue weighted by molar-refractivity contribution is -0.139. The average Bonchev–Trinajstić information content (AvgIpc) is 3.53. The monoisotopic (exact) mass is 602 g/mol. The standard InChI is InChI=1S/C26H34O4S6/c1-15(2)23(27)29-11-17-13-33-25(35-17)21(31-5)19-9-7-8-10-20(19)22(32-6)26-34-14-18(36-26)12-30-24(28)16(3)4/h7-10,17-18,21-22,25-26H,1,3,11-14H2,2,4-6H3. The fraction of sp³-hybridized carbons (Fsp3) is 0.538. The van der Waals surface area contributed by atoms with Gasteiger partial charge >= 0.3 is 11.9 Å². The van der Waals surface area contributed by atoms with Gasteiger partial charge in [0.1, 0.15) is 13.2 Å². The first kappa shape index (κ1) is 30.3. The number of ether oxygens (including phenoxy) is 2. The zero-order valence-electron chi connectivity index (χ0n) is 21.1. The Morgan fingerprint density at radius 1 is 0.861 bits per heavy atom. The summed E-state index contributed by atoms with van der Waals surface area (Å²) < 4.78 is 11.7. The molecule has 2 aliphatic heterocycles. The van der Waals surface area contributed by atoms with Crippen LogP contribution in [-0.2, 0) is 19.1 Å². The van der Waals surface area contributed by atoms with Gasteiger partial charge in [-0.15, -0.1) is 47.0 Å². The number of hydrogen-bond acceptors (Lipinski definition) is 10. The number of carbonyl (C=O) groups excluding carboxylic acids is 2. The lowest BCUT2D eigenvalue weighted by Gasteiger charge is -2.29. The molecule has 0 bridgehead atoms. The maximum Gasteiger partial charge on any atom is 0.333 e. The van der Waals surface area contributed by atoms with E-state index in [9.17, 15) is 9.59 Å². The topological polar surface area (TPSA) is 52.6 Å². The first-order chi connectivity index (χ1) is 17.2. The molecule has 10 heteroatoms. The molecule has 4 nitrogen and oxygen atoms in total. The van der Waals surface area contributed by atoms with Gasteiger partial charge in [-0.25, -0.2) is 9.59 Å². The number of benzene rings is 1. The number of hydrogen-bond donors (Lipinski definition) is 0. The van der Waals surface area contributed by atoms with Gasteiger partial charge in [-0.2, -0.15) is 23.5 Å². The van der Waals surface area contributed by atoms with Crippen LogP contribution in [0.3, 0.4) is 0 Å². The smallest absolute Gasteiger partial charge is 0.333 e. The summed E-state index contributed by atoms with van der Waals surface area (Å²) in [5.74, 6) is 1.34. The van der Waals surface area contributed by atoms with E-state index < -0.39 is 0 Å². The molecule has 6 atom stereocenters. The molecule has 198 valence electrons. The fourth-order valence-corrected chi connectivity index (χ4v) is 13.8. The van der Waals surface area contributed by atoms with Crippen molar-refractivity contribution >= 4 is 82.5 Å². The van der Waals surface area contributed by atoms with Crippen LogP contribution in [0.15, 0.2) is 48.6 Å². The van der Waals surface area contributed by atoms with Crippen molar-refractivity contribution in [3.05, 3.63) is 59.7 Å². The number of carbonyl (C=O) groups is 2. The molecular weight excluding hydrogens is 569 g/mol. The van der Waals surface area contributed by atoms with Crippen LogP contribution < -0.4 is 0 Å². The predicted octanol–water partition coefficient (Wildman–Crippen LogP) is 7.08. The quantitative estimate of drug-likeness (QED) is 0.183. The molecule has 0 aliphatic carbocycles. The van der Waals surface area contributed by atoms with Crippen molar-refractivity contribution in [1.82, 2.24) is 0 Å². The van der Waals surface area contributed by atoms with Crippen LogP contribution in [-0.4, -0.2) is 68.8 Å². The van der Waals surface area contributed by atoms with E-state index in [0.717, 1.165) is 11.5 Å². The van der Waals surface area contributed by atoms with Crippen LogP contribution in [0.4, 0.5) is 0 Å². The second-order valence-corrected chi connectivity index (χ2v) is 16.4. The van der Waals surface area contributed by atoms with Gasteiger partial charge in [0.2, 0.25) is 0 Å². The highest BCUT2D eigenvalue weighted by molar-refractivity contribution is 8.22. The third-order valence-electron chi connectivity index (χ3n) is 5.65. The third kappa shape index (κ3) is 8.12. The van der Waals surface area contributed by atoms with Crippen LogP contribution in [0.5, 0.6) is 0 Å². The van der Waals surface area contributed by atoms with E-state index in [1.54, 1.807) is 13.8 Å². The Kier molecular flexibility index (Phi) is 12.4.